The number of rotatable bonds is 13. The maximum atomic E-state index is 11.1. The summed E-state index contributed by atoms with van der Waals surface area (Å²) in [6.07, 6.45) is 2.29. The van der Waals surface area contributed by atoms with Crippen molar-refractivity contribution in [1.29, 1.82) is 0 Å². The Labute approximate surface area is 135 Å². The van der Waals surface area contributed by atoms with Crippen molar-refractivity contribution in [2.45, 2.75) is 65.1 Å². The van der Waals surface area contributed by atoms with Gasteiger partial charge in [-0.3, -0.25) is 4.90 Å². The molecule has 0 spiro atoms. The lowest BCUT2D eigenvalue weighted by molar-refractivity contribution is -0.146. The smallest absolute Gasteiger partial charge is 0.479 e. The minimum absolute atomic E-state index is 0.476. The van der Waals surface area contributed by atoms with E-state index in [0.717, 1.165) is 31.8 Å². The number of carboxylic acids is 1. The second-order valence-corrected chi connectivity index (χ2v) is 8.48. The lowest BCUT2D eigenvalue weighted by Gasteiger charge is -2.30. The Morgan fingerprint density at radius 3 is 2.32 bits per heavy atom. The highest BCUT2D eigenvalue weighted by Gasteiger charge is 2.43. The van der Waals surface area contributed by atoms with Gasteiger partial charge in [-0.2, -0.15) is 0 Å². The molecule has 1 rings (SSSR count). The standard InChI is InChI=1S/C15H31NO5Si/c1-5-19-22(20-6-2,21-14(4)15(17)18)11-9-7-8-10-16-12-13(16)3/h13-14H,5-12H2,1-4H3,(H,17,18). The van der Waals surface area contributed by atoms with Crippen LogP contribution in [-0.2, 0) is 18.1 Å². The van der Waals surface area contributed by atoms with Gasteiger partial charge in [0, 0.05) is 31.8 Å². The average molecular weight is 334 g/mol. The topological polar surface area (TPSA) is 68.0 Å². The van der Waals surface area contributed by atoms with E-state index in [1.165, 1.54) is 13.5 Å². The number of carbonyl (C=O) groups is 1. The fraction of sp³-hybridized carbons (Fsp3) is 0.933. The normalized spacial score (nSPS) is 22.5. The van der Waals surface area contributed by atoms with E-state index in [0.29, 0.717) is 19.3 Å². The molecule has 7 heteroatoms. The average Bonchev–Trinajstić information content (AvgIpc) is 3.14. The van der Waals surface area contributed by atoms with Crippen LogP contribution in [0.1, 0.15) is 47.0 Å². The number of unbranched alkanes of at least 4 members (excludes halogenated alkanes) is 2. The first-order chi connectivity index (χ1) is 10.4. The lowest BCUT2D eigenvalue weighted by atomic mass is 10.2. The molecule has 0 amide bonds. The van der Waals surface area contributed by atoms with E-state index in [4.69, 9.17) is 18.4 Å². The van der Waals surface area contributed by atoms with Gasteiger partial charge in [0.15, 0.2) is 0 Å². The van der Waals surface area contributed by atoms with E-state index in [-0.39, 0.29) is 0 Å². The summed E-state index contributed by atoms with van der Waals surface area (Å²) < 4.78 is 17.3. The molecule has 0 aromatic heterocycles. The molecule has 1 aliphatic heterocycles. The van der Waals surface area contributed by atoms with Crippen molar-refractivity contribution >= 4 is 14.8 Å². The van der Waals surface area contributed by atoms with Gasteiger partial charge >= 0.3 is 14.8 Å². The van der Waals surface area contributed by atoms with Crippen molar-refractivity contribution in [3.05, 3.63) is 0 Å². The second-order valence-electron chi connectivity index (χ2n) is 5.80. The van der Waals surface area contributed by atoms with Crippen LogP contribution in [0.5, 0.6) is 0 Å². The Morgan fingerprint density at radius 2 is 1.86 bits per heavy atom. The molecule has 3 atom stereocenters. The van der Waals surface area contributed by atoms with Gasteiger partial charge in [-0.1, -0.05) is 6.42 Å². The molecular formula is C15H31NO5Si. The number of aliphatic carboxylic acids is 1. The molecule has 6 nitrogen and oxygen atoms in total. The maximum Gasteiger partial charge on any atom is 0.501 e. The highest BCUT2D eigenvalue weighted by Crippen LogP contribution is 2.23. The third-order valence-electron chi connectivity index (χ3n) is 3.85. The molecule has 1 fully saturated rings. The van der Waals surface area contributed by atoms with Crippen LogP contribution in [0.15, 0.2) is 0 Å². The lowest BCUT2D eigenvalue weighted by Crippen LogP contribution is -2.49. The minimum Gasteiger partial charge on any atom is -0.479 e. The van der Waals surface area contributed by atoms with Gasteiger partial charge in [-0.05, 0) is 47.1 Å². The molecule has 3 unspecified atom stereocenters. The van der Waals surface area contributed by atoms with Crippen molar-refractivity contribution in [2.75, 3.05) is 26.3 Å². The summed E-state index contributed by atoms with van der Waals surface area (Å²) in [7, 11) is -2.89. The zero-order chi connectivity index (χ0) is 16.6. The van der Waals surface area contributed by atoms with Gasteiger partial charge in [-0.15, -0.1) is 0 Å². The first-order valence-corrected chi connectivity index (χ1v) is 10.3. The van der Waals surface area contributed by atoms with Crippen molar-refractivity contribution in [3.8, 4) is 0 Å². The molecular weight excluding hydrogens is 302 g/mol. The molecule has 0 bridgehead atoms. The molecule has 0 radical (unpaired) electrons. The summed E-state index contributed by atoms with van der Waals surface area (Å²) in [6, 6.07) is 1.43. The van der Waals surface area contributed by atoms with Crippen molar-refractivity contribution < 1.29 is 23.2 Å². The fourth-order valence-electron chi connectivity index (χ4n) is 2.51. The third-order valence-corrected chi connectivity index (χ3v) is 6.98. The van der Waals surface area contributed by atoms with Crippen molar-refractivity contribution in [2.24, 2.45) is 0 Å². The van der Waals surface area contributed by atoms with E-state index in [1.807, 2.05) is 13.8 Å². The molecule has 130 valence electrons. The van der Waals surface area contributed by atoms with Crippen LogP contribution in [0.4, 0.5) is 0 Å². The predicted octanol–water partition coefficient (Wildman–Crippen LogP) is 2.36. The van der Waals surface area contributed by atoms with Gasteiger partial charge in [0.05, 0.1) is 0 Å². The summed E-state index contributed by atoms with van der Waals surface area (Å²) in [5.74, 6) is -0.980. The van der Waals surface area contributed by atoms with E-state index >= 15 is 0 Å². The Balaban J connectivity index is 2.42. The summed E-state index contributed by atoms with van der Waals surface area (Å²) in [5, 5.41) is 9.06. The minimum atomic E-state index is -2.89. The van der Waals surface area contributed by atoms with Crippen molar-refractivity contribution in [3.63, 3.8) is 0 Å². The van der Waals surface area contributed by atoms with Gasteiger partial charge in [-0.25, -0.2) is 4.79 Å². The number of carboxylic acid groups (broad SMARTS) is 1. The molecule has 1 aliphatic rings. The van der Waals surface area contributed by atoms with E-state index < -0.39 is 20.9 Å². The maximum absolute atomic E-state index is 11.1. The van der Waals surface area contributed by atoms with Gasteiger partial charge < -0.3 is 18.4 Å². The summed E-state index contributed by atoms with van der Waals surface area (Å²) in [4.78, 5) is 13.5. The first-order valence-electron chi connectivity index (χ1n) is 8.36. The molecule has 1 saturated heterocycles. The Hall–Kier alpha value is -0.473. The van der Waals surface area contributed by atoms with Crippen LogP contribution in [0.3, 0.4) is 0 Å². The monoisotopic (exact) mass is 333 g/mol. The van der Waals surface area contributed by atoms with Crippen LogP contribution in [0.25, 0.3) is 0 Å². The van der Waals surface area contributed by atoms with Crippen LogP contribution in [0, 0.1) is 0 Å². The van der Waals surface area contributed by atoms with Crippen LogP contribution in [-0.4, -0.2) is 63.2 Å². The quantitative estimate of drug-likeness (QED) is 0.317. The first kappa shape index (κ1) is 19.6. The Bertz CT molecular complexity index is 336. The van der Waals surface area contributed by atoms with Crippen LogP contribution in [0.2, 0.25) is 6.04 Å². The molecule has 1 heterocycles. The summed E-state index contributed by atoms with van der Waals surface area (Å²) in [5.41, 5.74) is 0. The Kier molecular flexibility index (Phi) is 8.56. The summed E-state index contributed by atoms with van der Waals surface area (Å²) in [6.45, 7) is 10.9. The largest absolute Gasteiger partial charge is 0.501 e. The zero-order valence-electron chi connectivity index (χ0n) is 14.3. The highest BCUT2D eigenvalue weighted by molar-refractivity contribution is 6.60. The van der Waals surface area contributed by atoms with Gasteiger partial charge in [0.2, 0.25) is 0 Å². The molecule has 22 heavy (non-hydrogen) atoms. The third kappa shape index (κ3) is 6.74. The molecule has 0 aromatic carbocycles. The zero-order valence-corrected chi connectivity index (χ0v) is 15.3. The van der Waals surface area contributed by atoms with Gasteiger partial charge in [0.25, 0.3) is 0 Å². The molecule has 0 saturated carbocycles. The van der Waals surface area contributed by atoms with E-state index in [2.05, 4.69) is 11.8 Å². The van der Waals surface area contributed by atoms with Crippen LogP contribution >= 0.6 is 0 Å². The second kappa shape index (κ2) is 9.62. The van der Waals surface area contributed by atoms with E-state index in [9.17, 15) is 4.79 Å². The number of nitrogens with zero attached hydrogens (tertiary/aromatic N) is 1. The van der Waals surface area contributed by atoms with Crippen LogP contribution < -0.4 is 0 Å². The van der Waals surface area contributed by atoms with Crippen molar-refractivity contribution in [1.82, 2.24) is 4.90 Å². The number of hydrogen-bond donors (Lipinski definition) is 1. The van der Waals surface area contributed by atoms with E-state index in [1.54, 1.807) is 0 Å². The van der Waals surface area contributed by atoms with Gasteiger partial charge in [0.1, 0.15) is 6.10 Å². The number of hydrogen-bond acceptors (Lipinski definition) is 5. The molecule has 0 aliphatic carbocycles. The highest BCUT2D eigenvalue weighted by atomic mass is 28.4. The Morgan fingerprint density at radius 1 is 1.27 bits per heavy atom. The predicted molar refractivity (Wildman–Crippen MR) is 86.9 cm³/mol. The summed E-state index contributed by atoms with van der Waals surface area (Å²) >= 11 is 0. The molecule has 1 N–H and O–H groups in total. The molecule has 0 aromatic rings. The fourth-order valence-corrected chi connectivity index (χ4v) is 5.34. The SMILES string of the molecule is CCO[Si](CCCCCN1CC1C)(OCC)OC(C)C(=O)O.